The summed E-state index contributed by atoms with van der Waals surface area (Å²) in [5.74, 6) is 0. The Morgan fingerprint density at radius 2 is 1.56 bits per heavy atom. The molecule has 108 valence electrons. The zero-order valence-electron chi connectivity index (χ0n) is 11.5. The summed E-state index contributed by atoms with van der Waals surface area (Å²) in [7, 11) is -2.77. The van der Waals surface area contributed by atoms with E-state index in [2.05, 4.69) is 10.3 Å². The first-order chi connectivity index (χ1) is 8.60. The van der Waals surface area contributed by atoms with Gasteiger partial charge in [-0.25, -0.2) is 4.79 Å². The molecule has 0 spiro atoms. The maximum Gasteiger partial charge on any atom is 0.596 e. The molecule has 0 aliphatic heterocycles. The summed E-state index contributed by atoms with van der Waals surface area (Å²) in [4.78, 5) is 13.7. The van der Waals surface area contributed by atoms with Crippen molar-refractivity contribution in [2.75, 3.05) is 32.9 Å². The molecule has 0 aromatic heterocycles. The number of hydrogen-bond acceptors (Lipinski definition) is 5. The van der Waals surface area contributed by atoms with Crippen molar-refractivity contribution in [2.24, 2.45) is 5.73 Å². The van der Waals surface area contributed by atoms with Crippen molar-refractivity contribution in [3.63, 3.8) is 0 Å². The van der Waals surface area contributed by atoms with Crippen molar-refractivity contribution < 1.29 is 18.1 Å². The van der Waals surface area contributed by atoms with Gasteiger partial charge in [-0.2, -0.15) is 0 Å². The molecule has 0 saturated heterocycles. The molecular formula is C10H25N3O4Si. The minimum absolute atomic E-state index is 0.511. The molecule has 0 aromatic carbocycles. The van der Waals surface area contributed by atoms with Gasteiger partial charge in [0.15, 0.2) is 0 Å². The van der Waals surface area contributed by atoms with E-state index < -0.39 is 15.0 Å². The van der Waals surface area contributed by atoms with Crippen molar-refractivity contribution in [2.45, 2.75) is 27.2 Å². The topological polar surface area (TPSA) is 94.8 Å². The Morgan fingerprint density at radius 1 is 1.06 bits per heavy atom. The fraction of sp³-hybridized carbons (Fsp3) is 0.900. The number of amides is 2. The molecule has 7 nitrogen and oxygen atoms in total. The summed E-state index contributed by atoms with van der Waals surface area (Å²) in [6, 6.07) is -0.516. The Balaban J connectivity index is 4.08. The number of rotatable bonds is 11. The Bertz CT molecular complexity index is 214. The van der Waals surface area contributed by atoms with Crippen LogP contribution >= 0.6 is 0 Å². The lowest BCUT2D eigenvalue weighted by atomic mass is 10.4. The second-order valence-electron chi connectivity index (χ2n) is 3.43. The largest absolute Gasteiger partial charge is 0.596 e. The highest BCUT2D eigenvalue weighted by Crippen LogP contribution is 2.06. The van der Waals surface area contributed by atoms with E-state index >= 15 is 0 Å². The lowest BCUT2D eigenvalue weighted by Crippen LogP contribution is -2.59. The first kappa shape index (κ1) is 17.3. The number of nitrogens with one attached hydrogen (secondary N) is 2. The van der Waals surface area contributed by atoms with Crippen LogP contribution in [0.3, 0.4) is 0 Å². The Morgan fingerprint density at radius 3 is 1.94 bits per heavy atom. The lowest BCUT2D eigenvalue weighted by molar-refractivity contribution is 0.0599. The second-order valence-corrected chi connectivity index (χ2v) is 5.76. The molecule has 0 aromatic rings. The third kappa shape index (κ3) is 7.61. The summed E-state index contributed by atoms with van der Waals surface area (Å²) < 4.78 is 16.8. The van der Waals surface area contributed by atoms with Gasteiger partial charge in [0.25, 0.3) is 0 Å². The van der Waals surface area contributed by atoms with Gasteiger partial charge in [-0.1, -0.05) is 0 Å². The van der Waals surface area contributed by atoms with Gasteiger partial charge in [-0.05, 0) is 33.7 Å². The molecule has 0 aliphatic rings. The lowest BCUT2D eigenvalue weighted by Gasteiger charge is -2.28. The molecule has 0 bridgehead atoms. The summed E-state index contributed by atoms with van der Waals surface area (Å²) >= 11 is 0. The van der Waals surface area contributed by atoms with Crippen LogP contribution in [0.1, 0.15) is 27.2 Å². The smallest absolute Gasteiger partial charge is 0.361 e. The molecule has 0 rings (SSSR count). The predicted molar refractivity (Wildman–Crippen MR) is 70.8 cm³/mol. The zero-order chi connectivity index (χ0) is 13.9. The highest BCUT2D eigenvalue weighted by Gasteiger charge is 2.40. The van der Waals surface area contributed by atoms with E-state index in [1.807, 2.05) is 20.8 Å². The van der Waals surface area contributed by atoms with E-state index in [9.17, 15) is 4.79 Å². The van der Waals surface area contributed by atoms with Crippen LogP contribution in [-0.4, -0.2) is 47.9 Å². The molecule has 0 radical (unpaired) electrons. The van der Waals surface area contributed by atoms with E-state index in [-0.39, 0.29) is 0 Å². The van der Waals surface area contributed by atoms with Crippen molar-refractivity contribution >= 4 is 15.0 Å². The molecular weight excluding hydrogens is 254 g/mol. The minimum atomic E-state index is -2.77. The highest BCUT2D eigenvalue weighted by molar-refractivity contribution is 6.57. The Kier molecular flexibility index (Phi) is 9.88. The second kappa shape index (κ2) is 10.3. The fourth-order valence-electron chi connectivity index (χ4n) is 1.39. The average Bonchev–Trinajstić information content (AvgIpc) is 2.29. The van der Waals surface area contributed by atoms with Crippen molar-refractivity contribution in [1.29, 1.82) is 0 Å². The van der Waals surface area contributed by atoms with Crippen LogP contribution in [0.2, 0.25) is 0 Å². The standard InChI is InChI=1S/C10H25N3O4Si/c1-4-15-18(16-5-2,17-6-3)13-9-7-8-12-10(11)14/h13H,4-9H2,1-3H3,(H3,11,12,14). The molecule has 0 atom stereocenters. The molecule has 0 saturated carbocycles. The normalized spacial score (nSPS) is 11.5. The van der Waals surface area contributed by atoms with Crippen LogP contribution < -0.4 is 16.0 Å². The number of carbonyl (C=O) groups excluding carboxylic acids is 1. The van der Waals surface area contributed by atoms with Gasteiger partial charge in [-0.3, -0.25) is 4.98 Å². The first-order valence-corrected chi connectivity index (χ1v) is 8.02. The van der Waals surface area contributed by atoms with Crippen molar-refractivity contribution in [1.82, 2.24) is 10.3 Å². The van der Waals surface area contributed by atoms with Gasteiger partial charge in [0.05, 0.1) is 0 Å². The van der Waals surface area contributed by atoms with Crippen molar-refractivity contribution in [3.05, 3.63) is 0 Å². The van der Waals surface area contributed by atoms with Crippen molar-refractivity contribution in [3.8, 4) is 0 Å². The molecule has 0 fully saturated rings. The van der Waals surface area contributed by atoms with E-state index in [0.29, 0.717) is 32.9 Å². The highest BCUT2D eigenvalue weighted by atomic mass is 28.4. The van der Waals surface area contributed by atoms with Gasteiger partial charge < -0.3 is 24.3 Å². The Labute approximate surface area is 110 Å². The van der Waals surface area contributed by atoms with Crippen LogP contribution in [0.4, 0.5) is 4.79 Å². The van der Waals surface area contributed by atoms with E-state index in [4.69, 9.17) is 19.0 Å². The first-order valence-electron chi connectivity index (χ1n) is 6.30. The number of urea groups is 1. The molecule has 2 amide bonds. The van der Waals surface area contributed by atoms with Crippen LogP contribution in [0.15, 0.2) is 0 Å². The minimum Gasteiger partial charge on any atom is -0.361 e. The summed E-state index contributed by atoms with van der Waals surface area (Å²) in [6.45, 7) is 8.42. The quantitative estimate of drug-likeness (QED) is 0.370. The predicted octanol–water partition coefficient (Wildman–Crippen LogP) is 0.180. The number of nitrogens with two attached hydrogens (primary N) is 1. The molecule has 0 heterocycles. The van der Waals surface area contributed by atoms with Crippen LogP contribution in [0, 0.1) is 0 Å². The SMILES string of the molecule is CCO[Si](NCCCNC(N)=O)(OCC)OCC. The van der Waals surface area contributed by atoms with Crippen LogP contribution in [-0.2, 0) is 13.3 Å². The van der Waals surface area contributed by atoms with E-state index in [0.717, 1.165) is 6.42 Å². The summed E-state index contributed by atoms with van der Waals surface area (Å²) in [6.07, 6.45) is 0.727. The monoisotopic (exact) mass is 279 g/mol. The van der Waals surface area contributed by atoms with E-state index in [1.165, 1.54) is 0 Å². The molecule has 18 heavy (non-hydrogen) atoms. The zero-order valence-corrected chi connectivity index (χ0v) is 12.5. The summed E-state index contributed by atoms with van der Waals surface area (Å²) in [5.41, 5.74) is 4.97. The molecule has 8 heteroatoms. The number of carbonyl (C=O) groups is 1. The number of primary amides is 1. The van der Waals surface area contributed by atoms with Crippen LogP contribution in [0.5, 0.6) is 0 Å². The molecule has 4 N–H and O–H groups in total. The van der Waals surface area contributed by atoms with Gasteiger partial charge >= 0.3 is 15.0 Å². The third-order valence-corrected chi connectivity index (χ3v) is 4.69. The summed E-state index contributed by atoms with van der Waals surface area (Å²) in [5, 5.41) is 2.52. The average molecular weight is 279 g/mol. The van der Waals surface area contributed by atoms with Gasteiger partial charge in [-0.15, -0.1) is 0 Å². The van der Waals surface area contributed by atoms with Gasteiger partial charge in [0.1, 0.15) is 0 Å². The number of hydrogen-bond donors (Lipinski definition) is 3. The fourth-order valence-corrected chi connectivity index (χ4v) is 3.57. The Hall–Kier alpha value is -0.673. The molecule has 0 unspecified atom stereocenters. The maximum atomic E-state index is 10.5. The third-order valence-electron chi connectivity index (χ3n) is 2.00. The van der Waals surface area contributed by atoms with Gasteiger partial charge in [0.2, 0.25) is 0 Å². The van der Waals surface area contributed by atoms with Crippen LogP contribution in [0.25, 0.3) is 0 Å². The molecule has 0 aliphatic carbocycles. The maximum absolute atomic E-state index is 10.5. The van der Waals surface area contributed by atoms with Gasteiger partial charge in [0, 0.05) is 26.4 Å². The van der Waals surface area contributed by atoms with E-state index in [1.54, 1.807) is 0 Å².